The van der Waals surface area contributed by atoms with Gasteiger partial charge in [-0.05, 0) is 74.1 Å². The van der Waals surface area contributed by atoms with Gasteiger partial charge in [-0.2, -0.15) is 0 Å². The molecule has 0 fully saturated rings. The van der Waals surface area contributed by atoms with E-state index >= 15 is 0 Å². The van der Waals surface area contributed by atoms with Gasteiger partial charge < -0.3 is 9.64 Å². The van der Waals surface area contributed by atoms with Gasteiger partial charge in [-0.3, -0.25) is 0 Å². The maximum Gasteiger partial charge on any atom is 0.253 e. The van der Waals surface area contributed by atoms with Crippen LogP contribution in [-0.2, 0) is 0 Å². The van der Waals surface area contributed by atoms with Gasteiger partial charge in [0.05, 0.1) is 0 Å². The molecule has 0 saturated carbocycles. The molecule has 0 atom stereocenters. The lowest BCUT2D eigenvalue weighted by atomic mass is 9.35. The van der Waals surface area contributed by atoms with E-state index in [4.69, 9.17) is 4.74 Å². The lowest BCUT2D eigenvalue weighted by Crippen LogP contribution is -2.77. The average molecular weight is 634 g/mol. The molecule has 7 aromatic carbocycles. The molecule has 5 heteroatoms. The van der Waals surface area contributed by atoms with E-state index in [0.29, 0.717) is 0 Å². The number of hydrogen-bond donors (Lipinski definition) is 0. The van der Waals surface area contributed by atoms with Crippen molar-refractivity contribution in [1.82, 2.24) is 0 Å². The van der Waals surface area contributed by atoms with Crippen LogP contribution >= 0.6 is 11.8 Å². The predicted molar refractivity (Wildman–Crippen MR) is 200 cm³/mol. The standard InChI is InChI=1S/C42H28BNOSSi/c1-3-14-30(15-4-1)47(31-16-5-2-6-17-31)40-24-11-8-19-34(40)44(35-20-9-12-25-41(35)47)29-26-27-33-39(28-29)46-38-23-13-22-37-42(38)43(33)32-18-7-10-21-36(32)45-37/h1-28H. The normalized spacial score (nSPS) is 14.6. The van der Waals surface area contributed by atoms with Gasteiger partial charge in [0.25, 0.3) is 6.71 Å². The van der Waals surface area contributed by atoms with Crippen molar-refractivity contribution in [3.8, 4) is 11.5 Å². The number of rotatable bonds is 3. The zero-order valence-corrected chi connectivity index (χ0v) is 27.3. The Kier molecular flexibility index (Phi) is 5.96. The Balaban J connectivity index is 1.21. The van der Waals surface area contributed by atoms with Crippen LogP contribution in [0.5, 0.6) is 11.5 Å². The summed E-state index contributed by atoms with van der Waals surface area (Å²) in [5.74, 6) is 1.92. The van der Waals surface area contributed by atoms with Crippen molar-refractivity contribution in [2.75, 3.05) is 4.90 Å². The Morgan fingerprint density at radius 1 is 0.489 bits per heavy atom. The van der Waals surface area contributed by atoms with Gasteiger partial charge in [-0.25, -0.2) is 0 Å². The zero-order chi connectivity index (χ0) is 31.0. The van der Waals surface area contributed by atoms with Gasteiger partial charge >= 0.3 is 0 Å². The van der Waals surface area contributed by atoms with Crippen LogP contribution < -0.4 is 46.8 Å². The largest absolute Gasteiger partial charge is 0.458 e. The number of anilines is 3. The molecule has 0 aliphatic carbocycles. The molecule has 0 amide bonds. The fourth-order valence-electron chi connectivity index (χ4n) is 8.19. The highest BCUT2D eigenvalue weighted by molar-refractivity contribution is 8.00. The summed E-state index contributed by atoms with van der Waals surface area (Å²) >= 11 is 1.86. The van der Waals surface area contributed by atoms with Crippen LogP contribution in [-0.4, -0.2) is 14.8 Å². The molecule has 2 nitrogen and oxygen atoms in total. The van der Waals surface area contributed by atoms with Crippen LogP contribution in [0.15, 0.2) is 180 Å². The monoisotopic (exact) mass is 633 g/mol. The highest BCUT2D eigenvalue weighted by atomic mass is 32.2. The minimum atomic E-state index is -2.64. The van der Waals surface area contributed by atoms with Gasteiger partial charge in [-0.15, -0.1) is 0 Å². The van der Waals surface area contributed by atoms with Gasteiger partial charge in [0, 0.05) is 26.9 Å². The molecule has 3 aliphatic rings. The van der Waals surface area contributed by atoms with Crippen LogP contribution in [0.2, 0.25) is 0 Å². The molecule has 3 aliphatic heterocycles. The quantitative estimate of drug-likeness (QED) is 0.224. The van der Waals surface area contributed by atoms with Gasteiger partial charge in [0.2, 0.25) is 0 Å². The van der Waals surface area contributed by atoms with Crippen LogP contribution in [0.3, 0.4) is 0 Å². The molecule has 0 spiro atoms. The lowest BCUT2D eigenvalue weighted by molar-refractivity contribution is 0.486. The summed E-state index contributed by atoms with van der Waals surface area (Å²) in [7, 11) is -2.64. The summed E-state index contributed by atoms with van der Waals surface area (Å²) in [6.45, 7) is 0.147. The maximum atomic E-state index is 6.41. The number of benzene rings is 7. The SMILES string of the molecule is c1ccc([Si]2(c3ccccc3)c3ccccc3N(c3ccc4c(c3)Sc3cccc5c3B4c3ccccc3O5)c3ccccc32)cc1. The lowest BCUT2D eigenvalue weighted by Gasteiger charge is -2.45. The van der Waals surface area contributed by atoms with Crippen LogP contribution in [0.25, 0.3) is 0 Å². The van der Waals surface area contributed by atoms with Gasteiger partial charge in [0.1, 0.15) is 11.5 Å². The third-order valence-electron chi connectivity index (χ3n) is 10.1. The van der Waals surface area contributed by atoms with Crippen molar-refractivity contribution in [3.63, 3.8) is 0 Å². The number of hydrogen-bond acceptors (Lipinski definition) is 3. The van der Waals surface area contributed by atoms with Crippen LogP contribution in [0.1, 0.15) is 0 Å². The molecule has 0 radical (unpaired) electrons. The molecule has 7 aromatic rings. The van der Waals surface area contributed by atoms with Crippen molar-refractivity contribution in [2.45, 2.75) is 9.79 Å². The van der Waals surface area contributed by atoms with Crippen LogP contribution in [0, 0.1) is 0 Å². The summed E-state index contributed by atoms with van der Waals surface area (Å²) in [5.41, 5.74) is 7.55. The first-order valence-electron chi connectivity index (χ1n) is 16.1. The third-order valence-corrected chi connectivity index (χ3v) is 16.1. The Bertz CT molecular complexity index is 2260. The van der Waals surface area contributed by atoms with E-state index in [1.54, 1.807) is 0 Å². The van der Waals surface area contributed by atoms with Crippen molar-refractivity contribution in [2.24, 2.45) is 0 Å². The topological polar surface area (TPSA) is 12.5 Å². The fourth-order valence-corrected chi connectivity index (χ4v) is 14.5. The van der Waals surface area contributed by atoms with E-state index in [0.717, 1.165) is 11.5 Å². The number of para-hydroxylation sites is 3. The highest BCUT2D eigenvalue weighted by Crippen LogP contribution is 2.42. The Morgan fingerprint density at radius 2 is 1.09 bits per heavy atom. The van der Waals surface area contributed by atoms with Gasteiger partial charge in [-0.1, -0.05) is 145 Å². The van der Waals surface area contributed by atoms with E-state index < -0.39 is 8.07 Å². The number of fused-ring (bicyclic) bond motifs is 6. The first-order chi connectivity index (χ1) is 23.3. The van der Waals surface area contributed by atoms with E-state index in [-0.39, 0.29) is 6.71 Å². The van der Waals surface area contributed by atoms with Crippen molar-refractivity contribution >= 4 is 80.7 Å². The Hall–Kier alpha value is -5.23. The zero-order valence-electron chi connectivity index (χ0n) is 25.5. The van der Waals surface area contributed by atoms with Crippen molar-refractivity contribution in [1.29, 1.82) is 0 Å². The first kappa shape index (κ1) is 26.9. The smallest absolute Gasteiger partial charge is 0.253 e. The van der Waals surface area contributed by atoms with E-state index in [9.17, 15) is 0 Å². The minimum absolute atomic E-state index is 0.147. The Morgan fingerprint density at radius 3 is 1.79 bits per heavy atom. The predicted octanol–water partition coefficient (Wildman–Crippen LogP) is 5.93. The van der Waals surface area contributed by atoms with Crippen molar-refractivity contribution in [3.05, 3.63) is 170 Å². The molecular weight excluding hydrogens is 605 g/mol. The molecule has 0 N–H and O–H groups in total. The summed E-state index contributed by atoms with van der Waals surface area (Å²) in [5, 5.41) is 5.62. The molecule has 0 aromatic heterocycles. The van der Waals surface area contributed by atoms with Crippen LogP contribution in [0.4, 0.5) is 17.1 Å². The Labute approximate surface area is 280 Å². The first-order valence-corrected chi connectivity index (χ1v) is 19.0. The summed E-state index contributed by atoms with van der Waals surface area (Å²) < 4.78 is 6.41. The van der Waals surface area contributed by atoms with E-state index in [1.807, 2.05) is 11.8 Å². The van der Waals surface area contributed by atoms with Gasteiger partial charge in [0.15, 0.2) is 8.07 Å². The number of ether oxygens (including phenoxy) is 1. The summed E-state index contributed by atoms with van der Waals surface area (Å²) in [6, 6.07) is 62.8. The minimum Gasteiger partial charge on any atom is -0.458 e. The molecule has 0 bridgehead atoms. The molecule has 3 heterocycles. The molecule has 47 heavy (non-hydrogen) atoms. The highest BCUT2D eigenvalue weighted by Gasteiger charge is 2.49. The average Bonchev–Trinajstić information content (AvgIpc) is 3.14. The summed E-state index contributed by atoms with van der Waals surface area (Å²) in [6.07, 6.45) is 0. The van der Waals surface area contributed by atoms with E-state index in [1.165, 1.54) is 64.0 Å². The molecule has 0 unspecified atom stereocenters. The molecule has 0 saturated heterocycles. The molecule has 10 rings (SSSR count). The second kappa shape index (κ2) is 10.4. The summed E-state index contributed by atoms with van der Waals surface area (Å²) in [4.78, 5) is 5.07. The second-order valence-corrected chi connectivity index (χ2v) is 17.2. The van der Waals surface area contributed by atoms with E-state index in [2.05, 4.69) is 175 Å². The fraction of sp³-hybridized carbons (Fsp3) is 0. The molecular formula is C42H28BNOSSi. The number of nitrogens with zero attached hydrogens (tertiary/aromatic N) is 1. The maximum absolute atomic E-state index is 6.41. The second-order valence-electron chi connectivity index (χ2n) is 12.4. The third kappa shape index (κ3) is 3.81. The molecule has 220 valence electrons. The van der Waals surface area contributed by atoms with Crippen molar-refractivity contribution < 1.29 is 4.74 Å².